The molecule has 19 heavy (non-hydrogen) atoms. The Morgan fingerprint density at radius 2 is 2.05 bits per heavy atom. The topological polar surface area (TPSA) is 29.5 Å². The summed E-state index contributed by atoms with van der Waals surface area (Å²) in [5.74, 6) is 0.231. The van der Waals surface area contributed by atoms with Gasteiger partial charge in [0.25, 0.3) is 0 Å². The Labute approximate surface area is 121 Å². The molecular weight excluding hydrogens is 262 g/mol. The van der Waals surface area contributed by atoms with Crippen LogP contribution in [0.5, 0.6) is 0 Å². The molecule has 1 fully saturated rings. The van der Waals surface area contributed by atoms with Gasteiger partial charge >= 0.3 is 5.97 Å². The summed E-state index contributed by atoms with van der Waals surface area (Å²) in [5, 5.41) is 0. The molecule has 1 heterocycles. The molecule has 0 spiro atoms. The van der Waals surface area contributed by atoms with Gasteiger partial charge in [-0.05, 0) is 25.6 Å². The van der Waals surface area contributed by atoms with Gasteiger partial charge in [-0.2, -0.15) is 0 Å². The van der Waals surface area contributed by atoms with Gasteiger partial charge in [-0.25, -0.2) is 0 Å². The van der Waals surface area contributed by atoms with Gasteiger partial charge in [-0.15, -0.1) is 12.4 Å². The third-order valence-electron chi connectivity index (χ3n) is 3.56. The average molecular weight is 284 g/mol. The minimum Gasteiger partial charge on any atom is -0.460 e. The molecule has 106 valence electrons. The Bertz CT molecular complexity index is 396. The Kier molecular flexibility index (Phi) is 6.32. The second-order valence-electron chi connectivity index (χ2n) is 4.95. The molecular formula is C15H22ClNO2. The zero-order valence-corrected chi connectivity index (χ0v) is 12.4. The molecule has 0 amide bonds. The number of nitrogens with zero attached hydrogens (tertiary/aromatic N) is 1. The van der Waals surface area contributed by atoms with Crippen molar-refractivity contribution < 1.29 is 9.53 Å². The van der Waals surface area contributed by atoms with E-state index < -0.39 is 0 Å². The first-order chi connectivity index (χ1) is 8.70. The summed E-state index contributed by atoms with van der Waals surface area (Å²) >= 11 is 0. The number of hydrogen-bond acceptors (Lipinski definition) is 3. The number of rotatable bonds is 3. The van der Waals surface area contributed by atoms with Crippen LogP contribution in [0.25, 0.3) is 0 Å². The zero-order valence-electron chi connectivity index (χ0n) is 11.5. The predicted octanol–water partition coefficient (Wildman–Crippen LogP) is 2.85. The predicted molar refractivity (Wildman–Crippen MR) is 78.7 cm³/mol. The van der Waals surface area contributed by atoms with Crippen LogP contribution in [0.3, 0.4) is 0 Å². The minimum absolute atomic E-state index is 0. The van der Waals surface area contributed by atoms with Crippen molar-refractivity contribution in [1.82, 2.24) is 4.90 Å². The molecule has 1 aromatic rings. The van der Waals surface area contributed by atoms with E-state index in [0.29, 0.717) is 12.3 Å². The van der Waals surface area contributed by atoms with Crippen molar-refractivity contribution in [1.29, 1.82) is 0 Å². The van der Waals surface area contributed by atoms with Crippen LogP contribution < -0.4 is 0 Å². The molecule has 4 heteroatoms. The molecule has 0 bridgehead atoms. The maximum Gasteiger partial charge on any atom is 0.305 e. The van der Waals surface area contributed by atoms with Crippen LogP contribution in [0.1, 0.15) is 31.2 Å². The Balaban J connectivity index is 0.00000180. The molecule has 0 radical (unpaired) electrons. The highest BCUT2D eigenvalue weighted by molar-refractivity contribution is 5.85. The number of hydrogen-bond donors (Lipinski definition) is 0. The summed E-state index contributed by atoms with van der Waals surface area (Å²) in [7, 11) is 2.08. The van der Waals surface area contributed by atoms with Crippen LogP contribution in [-0.2, 0) is 9.53 Å². The Morgan fingerprint density at radius 3 is 2.68 bits per heavy atom. The second-order valence-corrected chi connectivity index (χ2v) is 4.95. The van der Waals surface area contributed by atoms with Crippen LogP contribution in [0.2, 0.25) is 0 Å². The molecule has 0 aromatic heterocycles. The highest BCUT2D eigenvalue weighted by atomic mass is 35.5. The van der Waals surface area contributed by atoms with Crippen molar-refractivity contribution in [3.05, 3.63) is 35.9 Å². The van der Waals surface area contributed by atoms with Crippen LogP contribution in [0, 0.1) is 0 Å². The number of carbonyl (C=O) groups excluding carboxylic acids is 1. The number of likely N-dealkylation sites (tertiary alicyclic amines) is 1. The van der Waals surface area contributed by atoms with E-state index in [0.717, 1.165) is 19.5 Å². The molecule has 3 nitrogen and oxygen atoms in total. The molecule has 0 aliphatic carbocycles. The standard InChI is InChI=1S/C15H21NO2.ClH/c1-3-15(17)18-14-11-16(2)10-9-13(14)12-7-5-4-6-8-12;/h4-8,13-14H,3,9-11H2,1-2H3;1H/t13-,14+;/m1./s1. The number of ether oxygens (including phenoxy) is 1. The lowest BCUT2D eigenvalue weighted by atomic mass is 9.87. The zero-order chi connectivity index (χ0) is 13.0. The van der Waals surface area contributed by atoms with Crippen molar-refractivity contribution in [2.45, 2.75) is 31.8 Å². The van der Waals surface area contributed by atoms with E-state index >= 15 is 0 Å². The molecule has 0 N–H and O–H groups in total. The van der Waals surface area contributed by atoms with Gasteiger partial charge < -0.3 is 9.64 Å². The number of likely N-dealkylation sites (N-methyl/N-ethyl adjacent to an activating group) is 1. The molecule has 1 aliphatic heterocycles. The molecule has 1 saturated heterocycles. The summed E-state index contributed by atoms with van der Waals surface area (Å²) in [5.41, 5.74) is 1.28. The van der Waals surface area contributed by atoms with E-state index in [1.165, 1.54) is 5.56 Å². The molecule has 0 unspecified atom stereocenters. The summed E-state index contributed by atoms with van der Waals surface area (Å²) in [6.07, 6.45) is 1.47. The smallest absolute Gasteiger partial charge is 0.305 e. The van der Waals surface area contributed by atoms with Crippen LogP contribution in [0.15, 0.2) is 30.3 Å². The minimum atomic E-state index is -0.101. The first kappa shape index (κ1) is 16.0. The molecule has 1 aromatic carbocycles. The largest absolute Gasteiger partial charge is 0.460 e. The van der Waals surface area contributed by atoms with Crippen molar-refractivity contribution in [3.63, 3.8) is 0 Å². The maximum absolute atomic E-state index is 11.5. The van der Waals surface area contributed by atoms with Crippen LogP contribution >= 0.6 is 12.4 Å². The highest BCUT2D eigenvalue weighted by Crippen LogP contribution is 2.30. The van der Waals surface area contributed by atoms with Gasteiger partial charge in [0, 0.05) is 18.9 Å². The van der Waals surface area contributed by atoms with Crippen molar-refractivity contribution in [3.8, 4) is 0 Å². The normalized spacial score (nSPS) is 23.5. The molecule has 2 atom stereocenters. The van der Waals surface area contributed by atoms with E-state index in [1.54, 1.807) is 0 Å². The fourth-order valence-electron chi connectivity index (χ4n) is 2.52. The highest BCUT2D eigenvalue weighted by Gasteiger charge is 2.31. The van der Waals surface area contributed by atoms with E-state index in [1.807, 2.05) is 25.1 Å². The Hall–Kier alpha value is -1.06. The fourth-order valence-corrected chi connectivity index (χ4v) is 2.52. The lowest BCUT2D eigenvalue weighted by Crippen LogP contribution is -2.43. The molecule has 0 saturated carbocycles. The van der Waals surface area contributed by atoms with E-state index in [9.17, 15) is 4.79 Å². The van der Waals surface area contributed by atoms with Gasteiger partial charge in [0.2, 0.25) is 0 Å². The SMILES string of the molecule is CCC(=O)O[C@H]1CN(C)CC[C@@H]1c1ccccc1.Cl. The van der Waals surface area contributed by atoms with Gasteiger partial charge in [0.1, 0.15) is 6.10 Å². The van der Waals surface area contributed by atoms with E-state index in [-0.39, 0.29) is 24.5 Å². The monoisotopic (exact) mass is 283 g/mol. The lowest BCUT2D eigenvalue weighted by Gasteiger charge is -2.36. The number of benzene rings is 1. The first-order valence-corrected chi connectivity index (χ1v) is 6.63. The van der Waals surface area contributed by atoms with Crippen LogP contribution in [0.4, 0.5) is 0 Å². The molecule has 1 aliphatic rings. The summed E-state index contributed by atoms with van der Waals surface area (Å²) in [6.45, 7) is 3.72. The number of carbonyl (C=O) groups is 1. The number of piperidine rings is 1. The number of esters is 1. The molecule has 2 rings (SSSR count). The lowest BCUT2D eigenvalue weighted by molar-refractivity contribution is -0.152. The fraction of sp³-hybridized carbons (Fsp3) is 0.533. The average Bonchev–Trinajstić information content (AvgIpc) is 2.40. The Morgan fingerprint density at radius 1 is 1.37 bits per heavy atom. The maximum atomic E-state index is 11.5. The number of halogens is 1. The van der Waals surface area contributed by atoms with Crippen molar-refractivity contribution in [2.75, 3.05) is 20.1 Å². The van der Waals surface area contributed by atoms with Gasteiger partial charge in [-0.3, -0.25) is 4.79 Å². The van der Waals surface area contributed by atoms with Gasteiger partial charge in [0.05, 0.1) is 0 Å². The van der Waals surface area contributed by atoms with E-state index in [2.05, 4.69) is 24.1 Å². The van der Waals surface area contributed by atoms with Crippen molar-refractivity contribution in [2.24, 2.45) is 0 Å². The van der Waals surface area contributed by atoms with Gasteiger partial charge in [-0.1, -0.05) is 37.3 Å². The quantitative estimate of drug-likeness (QED) is 0.799. The summed E-state index contributed by atoms with van der Waals surface area (Å²) < 4.78 is 5.60. The first-order valence-electron chi connectivity index (χ1n) is 6.63. The van der Waals surface area contributed by atoms with Crippen molar-refractivity contribution >= 4 is 18.4 Å². The third kappa shape index (κ3) is 4.22. The summed E-state index contributed by atoms with van der Waals surface area (Å²) in [6, 6.07) is 10.4. The second kappa shape index (κ2) is 7.51. The van der Waals surface area contributed by atoms with Crippen LogP contribution in [-0.4, -0.2) is 37.1 Å². The van der Waals surface area contributed by atoms with E-state index in [4.69, 9.17) is 4.74 Å². The third-order valence-corrected chi connectivity index (χ3v) is 3.56. The summed E-state index contributed by atoms with van der Waals surface area (Å²) in [4.78, 5) is 13.8. The van der Waals surface area contributed by atoms with Gasteiger partial charge in [0.15, 0.2) is 0 Å².